The lowest BCUT2D eigenvalue weighted by Crippen LogP contribution is -2.32. The van der Waals surface area contributed by atoms with Gasteiger partial charge >= 0.3 is 0 Å². The SMILES string of the molecule is Cc1ccc(OCC(=O)N2c3ccccc3Sc3ccccc32)cc1. The van der Waals surface area contributed by atoms with E-state index in [-0.39, 0.29) is 12.5 Å². The molecule has 0 radical (unpaired) electrons. The van der Waals surface area contributed by atoms with Crippen LogP contribution in [0.15, 0.2) is 82.6 Å². The summed E-state index contributed by atoms with van der Waals surface area (Å²) >= 11 is 1.69. The lowest BCUT2D eigenvalue weighted by Gasteiger charge is -2.30. The van der Waals surface area contributed by atoms with E-state index in [2.05, 4.69) is 0 Å². The standard InChI is InChI=1S/C21H17NO2S/c1-15-10-12-16(13-11-15)24-14-21(23)22-17-6-2-4-8-19(17)25-20-9-5-3-7-18(20)22/h2-13H,14H2,1H3. The molecule has 4 rings (SSSR count). The highest BCUT2D eigenvalue weighted by molar-refractivity contribution is 7.99. The molecule has 3 aromatic carbocycles. The number of ether oxygens (including phenoxy) is 1. The molecule has 0 saturated heterocycles. The number of hydrogen-bond donors (Lipinski definition) is 0. The van der Waals surface area contributed by atoms with Gasteiger partial charge in [-0.05, 0) is 43.3 Å². The zero-order valence-corrected chi connectivity index (χ0v) is 14.6. The van der Waals surface area contributed by atoms with Crippen LogP contribution in [-0.2, 0) is 4.79 Å². The molecule has 0 fully saturated rings. The van der Waals surface area contributed by atoms with Crippen molar-refractivity contribution in [2.45, 2.75) is 16.7 Å². The van der Waals surface area contributed by atoms with Crippen molar-refractivity contribution in [1.82, 2.24) is 0 Å². The molecule has 1 aliphatic heterocycles. The molecule has 1 heterocycles. The van der Waals surface area contributed by atoms with Gasteiger partial charge in [0.2, 0.25) is 0 Å². The zero-order valence-electron chi connectivity index (χ0n) is 13.8. The highest BCUT2D eigenvalue weighted by atomic mass is 32.2. The van der Waals surface area contributed by atoms with Gasteiger partial charge in [0.05, 0.1) is 11.4 Å². The molecule has 1 aliphatic rings. The molecule has 0 unspecified atom stereocenters. The van der Waals surface area contributed by atoms with Crippen molar-refractivity contribution in [1.29, 1.82) is 0 Å². The Morgan fingerprint density at radius 1 is 0.880 bits per heavy atom. The van der Waals surface area contributed by atoms with Gasteiger partial charge in [-0.3, -0.25) is 9.69 Å². The number of fused-ring (bicyclic) bond motifs is 2. The smallest absolute Gasteiger partial charge is 0.269 e. The third-order valence-corrected chi connectivity index (χ3v) is 5.20. The van der Waals surface area contributed by atoms with Gasteiger partial charge in [0.1, 0.15) is 5.75 Å². The fourth-order valence-corrected chi connectivity index (χ4v) is 3.88. The van der Waals surface area contributed by atoms with Crippen LogP contribution in [0.3, 0.4) is 0 Å². The predicted molar refractivity (Wildman–Crippen MR) is 101 cm³/mol. The monoisotopic (exact) mass is 347 g/mol. The summed E-state index contributed by atoms with van der Waals surface area (Å²) < 4.78 is 5.71. The van der Waals surface area contributed by atoms with Gasteiger partial charge in [0.15, 0.2) is 6.61 Å². The first kappa shape index (κ1) is 15.8. The maximum atomic E-state index is 13.0. The fourth-order valence-electron chi connectivity index (χ4n) is 2.82. The third-order valence-electron chi connectivity index (χ3n) is 4.06. The normalized spacial score (nSPS) is 12.3. The van der Waals surface area contributed by atoms with Gasteiger partial charge in [0, 0.05) is 9.79 Å². The maximum Gasteiger partial charge on any atom is 0.269 e. The van der Waals surface area contributed by atoms with Gasteiger partial charge < -0.3 is 4.74 Å². The Hall–Kier alpha value is -2.72. The molecule has 4 heteroatoms. The van der Waals surface area contributed by atoms with Crippen LogP contribution in [0.5, 0.6) is 5.75 Å². The molecule has 0 aromatic heterocycles. The van der Waals surface area contributed by atoms with E-state index in [0.29, 0.717) is 5.75 Å². The minimum absolute atomic E-state index is 0.00358. The highest BCUT2D eigenvalue weighted by Gasteiger charge is 2.27. The Kier molecular flexibility index (Phi) is 4.20. The number of carbonyl (C=O) groups is 1. The molecule has 0 atom stereocenters. The number of aryl methyl sites for hydroxylation is 1. The average Bonchev–Trinajstić information content (AvgIpc) is 2.65. The minimum atomic E-state index is -0.0826. The van der Waals surface area contributed by atoms with E-state index in [1.54, 1.807) is 16.7 Å². The molecule has 3 aromatic rings. The number of anilines is 2. The van der Waals surface area contributed by atoms with E-state index < -0.39 is 0 Å². The number of rotatable bonds is 3. The average molecular weight is 347 g/mol. The van der Waals surface area contributed by atoms with Crippen molar-refractivity contribution in [2.75, 3.05) is 11.5 Å². The van der Waals surface area contributed by atoms with Crippen LogP contribution in [-0.4, -0.2) is 12.5 Å². The Morgan fingerprint density at radius 3 is 2.04 bits per heavy atom. The lowest BCUT2D eigenvalue weighted by atomic mass is 10.2. The minimum Gasteiger partial charge on any atom is -0.484 e. The first-order valence-electron chi connectivity index (χ1n) is 8.11. The van der Waals surface area contributed by atoms with Crippen LogP contribution in [0.4, 0.5) is 11.4 Å². The van der Waals surface area contributed by atoms with Gasteiger partial charge in [-0.15, -0.1) is 0 Å². The fraction of sp³-hybridized carbons (Fsp3) is 0.0952. The molecule has 0 aliphatic carbocycles. The third kappa shape index (κ3) is 3.13. The van der Waals surface area contributed by atoms with Crippen molar-refractivity contribution in [3.05, 3.63) is 78.4 Å². The van der Waals surface area contributed by atoms with E-state index in [1.807, 2.05) is 79.7 Å². The molecular formula is C21H17NO2S. The van der Waals surface area contributed by atoms with Crippen LogP contribution >= 0.6 is 11.8 Å². The van der Waals surface area contributed by atoms with E-state index in [0.717, 1.165) is 26.7 Å². The zero-order chi connectivity index (χ0) is 17.2. The summed E-state index contributed by atoms with van der Waals surface area (Å²) in [5.41, 5.74) is 2.97. The molecule has 25 heavy (non-hydrogen) atoms. The van der Waals surface area contributed by atoms with Crippen LogP contribution < -0.4 is 9.64 Å². The second-order valence-electron chi connectivity index (χ2n) is 5.87. The van der Waals surface area contributed by atoms with Crippen molar-refractivity contribution in [3.8, 4) is 5.75 Å². The number of amides is 1. The molecular weight excluding hydrogens is 330 g/mol. The molecule has 0 bridgehead atoms. The van der Waals surface area contributed by atoms with Crippen LogP contribution in [0.25, 0.3) is 0 Å². The quantitative estimate of drug-likeness (QED) is 0.652. The van der Waals surface area contributed by atoms with Gasteiger partial charge in [-0.25, -0.2) is 0 Å². The largest absolute Gasteiger partial charge is 0.484 e. The van der Waals surface area contributed by atoms with Crippen molar-refractivity contribution in [2.24, 2.45) is 0 Å². The van der Waals surface area contributed by atoms with Crippen LogP contribution in [0, 0.1) is 6.92 Å². The summed E-state index contributed by atoms with van der Waals surface area (Å²) in [5.74, 6) is 0.618. The molecule has 0 spiro atoms. The molecule has 3 nitrogen and oxygen atoms in total. The van der Waals surface area contributed by atoms with Gasteiger partial charge in [-0.1, -0.05) is 53.7 Å². The van der Waals surface area contributed by atoms with E-state index in [9.17, 15) is 4.79 Å². The molecule has 1 amide bonds. The van der Waals surface area contributed by atoms with Crippen molar-refractivity contribution in [3.63, 3.8) is 0 Å². The first-order valence-corrected chi connectivity index (χ1v) is 8.92. The number of para-hydroxylation sites is 2. The lowest BCUT2D eigenvalue weighted by molar-refractivity contribution is -0.119. The summed E-state index contributed by atoms with van der Waals surface area (Å²) in [6, 6.07) is 23.6. The van der Waals surface area contributed by atoms with Crippen molar-refractivity contribution >= 4 is 29.0 Å². The Morgan fingerprint density at radius 2 is 1.44 bits per heavy atom. The highest BCUT2D eigenvalue weighted by Crippen LogP contribution is 2.47. The Labute approximate surface area is 151 Å². The summed E-state index contributed by atoms with van der Waals surface area (Å²) in [6.07, 6.45) is 0. The molecule has 0 saturated carbocycles. The molecule has 124 valence electrons. The van der Waals surface area contributed by atoms with E-state index in [1.165, 1.54) is 0 Å². The number of carbonyl (C=O) groups excluding carboxylic acids is 1. The summed E-state index contributed by atoms with van der Waals surface area (Å²) in [5, 5.41) is 0. The van der Waals surface area contributed by atoms with Gasteiger partial charge in [-0.2, -0.15) is 0 Å². The summed E-state index contributed by atoms with van der Waals surface area (Å²) in [6.45, 7) is 2.02. The predicted octanol–water partition coefficient (Wildman–Crippen LogP) is 5.20. The number of hydrogen-bond acceptors (Lipinski definition) is 3. The second kappa shape index (κ2) is 6.65. The summed E-state index contributed by atoms with van der Waals surface area (Å²) in [4.78, 5) is 16.9. The Balaban J connectivity index is 1.62. The van der Waals surface area contributed by atoms with Gasteiger partial charge in [0.25, 0.3) is 5.91 Å². The topological polar surface area (TPSA) is 29.5 Å². The van der Waals surface area contributed by atoms with Crippen LogP contribution in [0.1, 0.15) is 5.56 Å². The Bertz CT molecular complexity index is 876. The number of benzene rings is 3. The molecule has 0 N–H and O–H groups in total. The van der Waals surface area contributed by atoms with E-state index >= 15 is 0 Å². The maximum absolute atomic E-state index is 13.0. The number of nitrogens with zero attached hydrogens (tertiary/aromatic N) is 1. The first-order chi connectivity index (χ1) is 12.2. The second-order valence-corrected chi connectivity index (χ2v) is 6.95. The summed E-state index contributed by atoms with van der Waals surface area (Å²) in [7, 11) is 0. The van der Waals surface area contributed by atoms with E-state index in [4.69, 9.17) is 4.74 Å². The van der Waals surface area contributed by atoms with Crippen molar-refractivity contribution < 1.29 is 9.53 Å². The van der Waals surface area contributed by atoms with Crippen LogP contribution in [0.2, 0.25) is 0 Å².